The summed E-state index contributed by atoms with van der Waals surface area (Å²) in [6, 6.07) is 6.88. The lowest BCUT2D eigenvalue weighted by Crippen LogP contribution is -2.27. The third-order valence-corrected chi connectivity index (χ3v) is 5.27. The molecule has 0 aromatic heterocycles. The quantitative estimate of drug-likeness (QED) is 0.809. The molecule has 0 aliphatic heterocycles. The molecule has 0 bridgehead atoms. The van der Waals surface area contributed by atoms with Gasteiger partial charge in [-0.05, 0) is 30.0 Å². The van der Waals surface area contributed by atoms with E-state index >= 15 is 0 Å². The molecule has 1 aliphatic carbocycles. The second kappa shape index (κ2) is 7.38. The van der Waals surface area contributed by atoms with Gasteiger partial charge in [0.1, 0.15) is 0 Å². The number of hydrogen-bond acceptors (Lipinski definition) is 4. The third kappa shape index (κ3) is 5.41. The second-order valence-electron chi connectivity index (χ2n) is 6.09. The van der Waals surface area contributed by atoms with Gasteiger partial charge in [0.2, 0.25) is 0 Å². The van der Waals surface area contributed by atoms with Crippen LogP contribution in [0.25, 0.3) is 0 Å². The fourth-order valence-corrected chi connectivity index (χ4v) is 3.58. The van der Waals surface area contributed by atoms with Crippen LogP contribution in [0.5, 0.6) is 0 Å². The third-order valence-electron chi connectivity index (χ3n) is 4.14. The molecule has 0 amide bonds. The Labute approximate surface area is 127 Å². The molecule has 2 N–H and O–H groups in total. The van der Waals surface area contributed by atoms with E-state index in [1.54, 1.807) is 12.1 Å². The topological polar surface area (TPSA) is 66.4 Å². The van der Waals surface area contributed by atoms with Crippen LogP contribution in [0.1, 0.15) is 37.7 Å². The SMILES string of the molecule is CS(=O)(=O)c1ccc(CNCC(O)CC2CCCC2)cc1. The Balaban J connectivity index is 1.72. The van der Waals surface area contributed by atoms with Crippen LogP contribution in [0.4, 0.5) is 0 Å². The van der Waals surface area contributed by atoms with Crippen LogP contribution in [-0.2, 0) is 16.4 Å². The maximum absolute atomic E-state index is 11.4. The van der Waals surface area contributed by atoms with E-state index in [0.29, 0.717) is 23.9 Å². The molecule has 1 aromatic carbocycles. The highest BCUT2D eigenvalue weighted by Gasteiger charge is 2.18. The molecule has 0 heterocycles. The number of benzene rings is 1. The minimum absolute atomic E-state index is 0.289. The number of nitrogens with one attached hydrogen (secondary N) is 1. The summed E-state index contributed by atoms with van der Waals surface area (Å²) in [5.74, 6) is 0.691. The highest BCUT2D eigenvalue weighted by atomic mass is 32.2. The van der Waals surface area contributed by atoms with Crippen molar-refractivity contribution >= 4 is 9.84 Å². The van der Waals surface area contributed by atoms with Gasteiger partial charge in [-0.1, -0.05) is 37.8 Å². The van der Waals surface area contributed by atoms with Crippen molar-refractivity contribution in [3.05, 3.63) is 29.8 Å². The molecule has 4 nitrogen and oxygen atoms in total. The number of aliphatic hydroxyl groups excluding tert-OH is 1. The molecule has 1 fully saturated rings. The molecule has 5 heteroatoms. The Bertz CT molecular complexity index is 533. The van der Waals surface area contributed by atoms with Gasteiger partial charge >= 0.3 is 0 Å². The minimum Gasteiger partial charge on any atom is -0.392 e. The van der Waals surface area contributed by atoms with E-state index < -0.39 is 9.84 Å². The molecule has 0 spiro atoms. The molecule has 1 aromatic rings. The average molecular weight is 311 g/mol. The summed E-state index contributed by atoms with van der Waals surface area (Å²) in [6.07, 6.45) is 6.92. The predicted octanol–water partition coefficient (Wildman–Crippen LogP) is 2.12. The molecule has 21 heavy (non-hydrogen) atoms. The van der Waals surface area contributed by atoms with E-state index in [9.17, 15) is 13.5 Å². The van der Waals surface area contributed by atoms with Gasteiger partial charge in [-0.15, -0.1) is 0 Å². The van der Waals surface area contributed by atoms with E-state index in [1.807, 2.05) is 12.1 Å². The minimum atomic E-state index is -3.13. The van der Waals surface area contributed by atoms with Crippen LogP contribution in [0, 0.1) is 5.92 Å². The zero-order valence-electron chi connectivity index (χ0n) is 12.6. The number of sulfone groups is 1. The van der Waals surface area contributed by atoms with E-state index in [2.05, 4.69) is 5.32 Å². The van der Waals surface area contributed by atoms with E-state index in [0.717, 1.165) is 12.0 Å². The lowest BCUT2D eigenvalue weighted by molar-refractivity contribution is 0.140. The Morgan fingerprint density at radius 2 is 1.86 bits per heavy atom. The van der Waals surface area contributed by atoms with Crippen molar-refractivity contribution in [1.82, 2.24) is 5.32 Å². The normalized spacial score (nSPS) is 18.0. The van der Waals surface area contributed by atoms with Crippen molar-refractivity contribution in [2.75, 3.05) is 12.8 Å². The zero-order valence-corrected chi connectivity index (χ0v) is 13.4. The summed E-state index contributed by atoms with van der Waals surface area (Å²) in [5.41, 5.74) is 1.02. The van der Waals surface area contributed by atoms with Crippen molar-refractivity contribution in [1.29, 1.82) is 0 Å². The summed E-state index contributed by atoms with van der Waals surface area (Å²) in [5, 5.41) is 13.2. The maximum Gasteiger partial charge on any atom is 0.175 e. The van der Waals surface area contributed by atoms with Crippen LogP contribution >= 0.6 is 0 Å². The van der Waals surface area contributed by atoms with Gasteiger partial charge in [-0.25, -0.2) is 8.42 Å². The molecule has 1 aliphatic rings. The maximum atomic E-state index is 11.4. The lowest BCUT2D eigenvalue weighted by Gasteiger charge is -2.16. The first-order valence-electron chi connectivity index (χ1n) is 7.63. The van der Waals surface area contributed by atoms with Crippen molar-refractivity contribution in [3.63, 3.8) is 0 Å². The predicted molar refractivity (Wildman–Crippen MR) is 83.8 cm³/mol. The molecule has 1 saturated carbocycles. The fraction of sp³-hybridized carbons (Fsp3) is 0.625. The smallest absolute Gasteiger partial charge is 0.175 e. The number of aliphatic hydroxyl groups is 1. The Hall–Kier alpha value is -0.910. The van der Waals surface area contributed by atoms with Crippen molar-refractivity contribution in [3.8, 4) is 0 Å². The van der Waals surface area contributed by atoms with E-state index in [4.69, 9.17) is 0 Å². The van der Waals surface area contributed by atoms with Crippen LogP contribution in [0.3, 0.4) is 0 Å². The monoisotopic (exact) mass is 311 g/mol. The highest BCUT2D eigenvalue weighted by Crippen LogP contribution is 2.28. The van der Waals surface area contributed by atoms with Crippen LogP contribution in [-0.4, -0.2) is 32.4 Å². The van der Waals surface area contributed by atoms with Crippen molar-refractivity contribution in [2.24, 2.45) is 5.92 Å². The fourth-order valence-electron chi connectivity index (χ4n) is 2.95. The number of hydrogen-bond donors (Lipinski definition) is 2. The van der Waals surface area contributed by atoms with E-state index in [1.165, 1.54) is 31.9 Å². The van der Waals surface area contributed by atoms with Gasteiger partial charge < -0.3 is 10.4 Å². The Kier molecular flexibility index (Phi) is 5.79. The highest BCUT2D eigenvalue weighted by molar-refractivity contribution is 7.90. The lowest BCUT2D eigenvalue weighted by atomic mass is 10.00. The summed E-state index contributed by atoms with van der Waals surface area (Å²) in [4.78, 5) is 0.340. The standard InChI is InChI=1S/C16H25NO3S/c1-21(19,20)16-8-6-14(7-9-16)11-17-12-15(18)10-13-4-2-3-5-13/h6-9,13,15,17-18H,2-5,10-12H2,1H3. The van der Waals surface area contributed by atoms with Gasteiger partial charge in [-0.2, -0.15) is 0 Å². The van der Waals surface area contributed by atoms with Gasteiger partial charge in [0.15, 0.2) is 9.84 Å². The summed E-state index contributed by atoms with van der Waals surface area (Å²) in [7, 11) is -3.13. The molecule has 0 radical (unpaired) electrons. The van der Waals surface area contributed by atoms with Gasteiger partial charge in [0.05, 0.1) is 11.0 Å². The Morgan fingerprint density at radius 1 is 1.24 bits per heavy atom. The van der Waals surface area contributed by atoms with Crippen LogP contribution in [0.2, 0.25) is 0 Å². The van der Waals surface area contributed by atoms with Crippen molar-refractivity contribution in [2.45, 2.75) is 49.6 Å². The molecule has 1 unspecified atom stereocenters. The van der Waals surface area contributed by atoms with Crippen LogP contribution in [0.15, 0.2) is 29.2 Å². The zero-order chi connectivity index (χ0) is 15.3. The number of rotatable bonds is 7. The van der Waals surface area contributed by atoms with Gasteiger partial charge in [-0.3, -0.25) is 0 Å². The first-order chi connectivity index (χ1) is 9.95. The first-order valence-corrected chi connectivity index (χ1v) is 9.52. The van der Waals surface area contributed by atoms with Gasteiger partial charge in [0, 0.05) is 19.3 Å². The Morgan fingerprint density at radius 3 is 2.43 bits per heavy atom. The summed E-state index contributed by atoms with van der Waals surface area (Å²) in [6.45, 7) is 1.23. The molecular formula is C16H25NO3S. The largest absolute Gasteiger partial charge is 0.392 e. The molecule has 118 valence electrons. The first kappa shape index (κ1) is 16.5. The summed E-state index contributed by atoms with van der Waals surface area (Å²) >= 11 is 0. The van der Waals surface area contributed by atoms with Crippen LogP contribution < -0.4 is 5.32 Å². The molecule has 0 saturated heterocycles. The molecule has 1 atom stereocenters. The van der Waals surface area contributed by atoms with E-state index in [-0.39, 0.29) is 6.10 Å². The molecular weight excluding hydrogens is 286 g/mol. The second-order valence-corrected chi connectivity index (χ2v) is 8.10. The van der Waals surface area contributed by atoms with Crippen molar-refractivity contribution < 1.29 is 13.5 Å². The molecule has 2 rings (SSSR count). The van der Waals surface area contributed by atoms with Gasteiger partial charge in [0.25, 0.3) is 0 Å². The average Bonchev–Trinajstić information content (AvgIpc) is 2.91. The summed E-state index contributed by atoms with van der Waals surface area (Å²) < 4.78 is 22.7.